The number of carboxylic acid groups (broad SMARTS) is 1. The fourth-order valence-corrected chi connectivity index (χ4v) is 5.68. The molecule has 1 aromatic heterocycles. The van der Waals surface area contributed by atoms with Gasteiger partial charge in [-0.1, -0.05) is 40.0 Å². The van der Waals surface area contributed by atoms with Gasteiger partial charge in [-0.3, -0.25) is 29.5 Å². The summed E-state index contributed by atoms with van der Waals surface area (Å²) in [5, 5.41) is 20.0. The molecule has 1 spiro atoms. The largest absolute Gasteiger partial charge is 0.480 e. The molecular formula is C26H35N7O7. The third kappa shape index (κ3) is 5.89. The van der Waals surface area contributed by atoms with E-state index >= 15 is 0 Å². The van der Waals surface area contributed by atoms with Gasteiger partial charge < -0.3 is 26.0 Å². The van der Waals surface area contributed by atoms with Crippen LogP contribution < -0.4 is 21.3 Å². The van der Waals surface area contributed by atoms with Gasteiger partial charge in [-0.05, 0) is 24.2 Å². The van der Waals surface area contributed by atoms with Crippen molar-refractivity contribution in [1.29, 1.82) is 0 Å². The second-order valence-electron chi connectivity index (χ2n) is 11.8. The number of imide groups is 1. The Morgan fingerprint density at radius 1 is 1.10 bits per heavy atom. The summed E-state index contributed by atoms with van der Waals surface area (Å²) < 4.78 is 0. The van der Waals surface area contributed by atoms with Crippen LogP contribution in [-0.4, -0.2) is 85.8 Å². The standard InChI is InChI=1S/C26H35N7O7/c1-25(2,3)18(21(36)33-13-26(11-16(33)22(37)38)23(39)31-24(40)32-26)30-20(35)17(14-7-5-4-6-8-14)29-19(34)15-12-27-9-10-28-15/h9-10,12,14,16-18H,4-8,11,13H2,1-3H3,(H,29,34)(H,30,35)(H,37,38)(H2,31,32,39,40). The molecule has 0 aromatic carbocycles. The van der Waals surface area contributed by atoms with Gasteiger partial charge in [0.25, 0.3) is 11.8 Å². The lowest BCUT2D eigenvalue weighted by Gasteiger charge is -2.37. The van der Waals surface area contributed by atoms with Gasteiger partial charge >= 0.3 is 12.0 Å². The molecule has 6 amide bonds. The lowest BCUT2D eigenvalue weighted by Crippen LogP contribution is -2.61. The van der Waals surface area contributed by atoms with Crippen LogP contribution in [0.5, 0.6) is 0 Å². The summed E-state index contributed by atoms with van der Waals surface area (Å²) in [6.07, 6.45) is 7.98. The van der Waals surface area contributed by atoms with Crippen molar-refractivity contribution in [2.45, 2.75) is 83.0 Å². The second kappa shape index (κ2) is 11.2. The number of carbonyl (C=O) groups is 6. The number of urea groups is 1. The molecule has 1 aliphatic carbocycles. The third-order valence-corrected chi connectivity index (χ3v) is 7.83. The number of likely N-dealkylation sites (tertiary alicyclic amines) is 1. The number of carbonyl (C=O) groups excluding carboxylic acids is 5. The minimum atomic E-state index is -1.57. The monoisotopic (exact) mass is 557 g/mol. The SMILES string of the molecule is CC(C)(C)C(NC(=O)C(NC(=O)c1cnccn1)C1CCCCC1)C(=O)N1CC2(CC1C(=O)O)NC(=O)NC2=O. The fraction of sp³-hybridized carbons (Fsp3) is 0.615. The molecule has 3 heterocycles. The van der Waals surface area contributed by atoms with Gasteiger partial charge in [-0.15, -0.1) is 0 Å². The number of aliphatic carboxylic acids is 1. The summed E-state index contributed by atoms with van der Waals surface area (Å²) in [6.45, 7) is 4.79. The average Bonchev–Trinajstić information content (AvgIpc) is 3.43. The van der Waals surface area contributed by atoms with Crippen molar-refractivity contribution in [1.82, 2.24) is 36.1 Å². The molecule has 216 valence electrons. The zero-order valence-electron chi connectivity index (χ0n) is 22.7. The summed E-state index contributed by atoms with van der Waals surface area (Å²) in [5.74, 6) is -4.09. The lowest BCUT2D eigenvalue weighted by atomic mass is 9.82. The summed E-state index contributed by atoms with van der Waals surface area (Å²) in [7, 11) is 0. The Morgan fingerprint density at radius 3 is 2.35 bits per heavy atom. The van der Waals surface area contributed by atoms with Gasteiger partial charge in [0.05, 0.1) is 12.7 Å². The second-order valence-corrected chi connectivity index (χ2v) is 11.8. The summed E-state index contributed by atoms with van der Waals surface area (Å²) in [6, 6.07) is -4.33. The molecule has 14 heteroatoms. The van der Waals surface area contributed by atoms with Gasteiger partial charge in [0.2, 0.25) is 11.8 Å². The zero-order chi connectivity index (χ0) is 29.2. The summed E-state index contributed by atoms with van der Waals surface area (Å²) >= 11 is 0. The number of rotatable bonds is 7. The van der Waals surface area contributed by atoms with Crippen LogP contribution in [-0.2, 0) is 19.2 Å². The molecule has 3 aliphatic rings. The highest BCUT2D eigenvalue weighted by atomic mass is 16.4. The van der Waals surface area contributed by atoms with Gasteiger partial charge in [-0.2, -0.15) is 0 Å². The van der Waals surface area contributed by atoms with Gasteiger partial charge in [0.15, 0.2) is 0 Å². The van der Waals surface area contributed by atoms with E-state index in [0.717, 1.165) is 24.2 Å². The molecule has 4 atom stereocenters. The molecule has 1 saturated carbocycles. The Morgan fingerprint density at radius 2 is 1.80 bits per heavy atom. The van der Waals surface area contributed by atoms with Gasteiger partial charge in [-0.25, -0.2) is 14.6 Å². The van der Waals surface area contributed by atoms with Crippen LogP contribution in [0.1, 0.15) is 69.8 Å². The minimum absolute atomic E-state index is 0.0445. The van der Waals surface area contributed by atoms with Crippen LogP contribution in [0.15, 0.2) is 18.6 Å². The smallest absolute Gasteiger partial charge is 0.326 e. The number of nitrogens with one attached hydrogen (secondary N) is 4. The number of hydrogen-bond donors (Lipinski definition) is 5. The molecule has 3 fully saturated rings. The van der Waals surface area contributed by atoms with E-state index in [9.17, 15) is 33.9 Å². The fourth-order valence-electron chi connectivity index (χ4n) is 5.68. The first-order chi connectivity index (χ1) is 18.8. The average molecular weight is 558 g/mol. The summed E-state index contributed by atoms with van der Waals surface area (Å²) in [5.41, 5.74) is -2.40. The molecule has 14 nitrogen and oxygen atoms in total. The first kappa shape index (κ1) is 28.9. The maximum absolute atomic E-state index is 13.9. The summed E-state index contributed by atoms with van der Waals surface area (Å²) in [4.78, 5) is 86.0. The van der Waals surface area contributed by atoms with Crippen molar-refractivity contribution in [3.8, 4) is 0 Å². The van der Waals surface area contributed by atoms with Crippen molar-refractivity contribution >= 4 is 35.6 Å². The number of hydrogen-bond acceptors (Lipinski definition) is 8. The Bertz CT molecular complexity index is 1200. The van der Waals surface area contributed by atoms with E-state index in [4.69, 9.17) is 0 Å². The normalized spacial score (nSPS) is 24.7. The van der Waals surface area contributed by atoms with Crippen molar-refractivity contribution < 1.29 is 33.9 Å². The molecule has 0 radical (unpaired) electrons. The Labute approximate surface area is 231 Å². The van der Waals surface area contributed by atoms with Crippen LogP contribution in [0.4, 0.5) is 4.79 Å². The van der Waals surface area contributed by atoms with E-state index in [1.54, 1.807) is 20.8 Å². The predicted molar refractivity (Wildman–Crippen MR) is 138 cm³/mol. The maximum atomic E-state index is 13.9. The van der Waals surface area contributed by atoms with E-state index in [2.05, 4.69) is 31.2 Å². The Hall–Kier alpha value is -4.10. The molecular weight excluding hydrogens is 522 g/mol. The van der Waals surface area contributed by atoms with Gasteiger partial charge in [0, 0.05) is 18.8 Å². The molecule has 5 N–H and O–H groups in total. The first-order valence-electron chi connectivity index (χ1n) is 13.4. The highest BCUT2D eigenvalue weighted by molar-refractivity contribution is 6.08. The van der Waals surface area contributed by atoms with Crippen molar-refractivity contribution in [3.63, 3.8) is 0 Å². The van der Waals surface area contributed by atoms with Crippen LogP contribution >= 0.6 is 0 Å². The van der Waals surface area contributed by atoms with E-state index in [1.807, 2.05) is 0 Å². The van der Waals surface area contributed by atoms with Crippen LogP contribution in [0, 0.1) is 11.3 Å². The quantitative estimate of drug-likeness (QED) is 0.285. The molecule has 1 aromatic rings. The first-order valence-corrected chi connectivity index (χ1v) is 13.4. The van der Waals surface area contributed by atoms with Crippen molar-refractivity contribution in [2.24, 2.45) is 11.3 Å². The molecule has 4 rings (SSSR count). The number of amides is 6. The van der Waals surface area contributed by atoms with Crippen LogP contribution in [0.2, 0.25) is 0 Å². The van der Waals surface area contributed by atoms with Crippen molar-refractivity contribution in [2.75, 3.05) is 6.54 Å². The molecule has 2 saturated heterocycles. The Kier molecular flexibility index (Phi) is 8.08. The van der Waals surface area contributed by atoms with E-state index in [0.29, 0.717) is 12.8 Å². The predicted octanol–water partition coefficient (Wildman–Crippen LogP) is -0.0501. The lowest BCUT2D eigenvalue weighted by molar-refractivity contribution is -0.151. The minimum Gasteiger partial charge on any atom is -0.480 e. The highest BCUT2D eigenvalue weighted by Gasteiger charge is 2.58. The van der Waals surface area contributed by atoms with Crippen molar-refractivity contribution in [3.05, 3.63) is 24.3 Å². The molecule has 2 aliphatic heterocycles. The van der Waals surface area contributed by atoms with E-state index < -0.39 is 64.7 Å². The van der Waals surface area contributed by atoms with E-state index in [1.165, 1.54) is 18.6 Å². The highest BCUT2D eigenvalue weighted by Crippen LogP contribution is 2.33. The topological polar surface area (TPSA) is 200 Å². The maximum Gasteiger partial charge on any atom is 0.326 e. The van der Waals surface area contributed by atoms with Crippen LogP contribution in [0.25, 0.3) is 0 Å². The molecule has 0 bridgehead atoms. The third-order valence-electron chi connectivity index (χ3n) is 7.83. The number of aromatic nitrogens is 2. The zero-order valence-corrected chi connectivity index (χ0v) is 22.7. The number of nitrogens with zero attached hydrogens (tertiary/aromatic N) is 3. The van der Waals surface area contributed by atoms with Crippen LogP contribution in [0.3, 0.4) is 0 Å². The molecule has 4 unspecified atom stereocenters. The molecule has 40 heavy (non-hydrogen) atoms. The van der Waals surface area contributed by atoms with Gasteiger partial charge in [0.1, 0.15) is 29.4 Å². The van der Waals surface area contributed by atoms with E-state index in [-0.39, 0.29) is 24.6 Å². The Balaban J connectivity index is 1.59. The number of carboxylic acids is 1.